The monoisotopic (exact) mass is 305 g/mol. The predicted octanol–water partition coefficient (Wildman–Crippen LogP) is 4.78. The SMILES string of the molecule is Cc1cc(C(F)(F)F)ccc1C(N)c1ccc(Cl)s1. The van der Waals surface area contributed by atoms with Crippen molar-refractivity contribution >= 4 is 22.9 Å². The van der Waals surface area contributed by atoms with Crippen LogP contribution in [0.1, 0.15) is 27.6 Å². The number of thiophene rings is 1. The number of aryl methyl sites for hydroxylation is 1. The molecule has 1 aromatic carbocycles. The minimum absolute atomic E-state index is 0.459. The van der Waals surface area contributed by atoms with E-state index < -0.39 is 17.8 Å². The minimum Gasteiger partial charge on any atom is -0.320 e. The molecule has 1 aromatic heterocycles. The van der Waals surface area contributed by atoms with E-state index in [1.54, 1.807) is 19.1 Å². The Morgan fingerprint density at radius 2 is 1.89 bits per heavy atom. The Labute approximate surface area is 117 Å². The summed E-state index contributed by atoms with van der Waals surface area (Å²) in [4.78, 5) is 0.827. The molecule has 0 amide bonds. The zero-order valence-electron chi connectivity index (χ0n) is 9.96. The molecule has 1 unspecified atom stereocenters. The van der Waals surface area contributed by atoms with Gasteiger partial charge in [-0.3, -0.25) is 0 Å². The average molecular weight is 306 g/mol. The fourth-order valence-electron chi connectivity index (χ4n) is 1.85. The first kappa shape index (κ1) is 14.4. The van der Waals surface area contributed by atoms with Gasteiger partial charge >= 0.3 is 6.18 Å². The molecule has 0 aliphatic carbocycles. The molecule has 6 heteroatoms. The summed E-state index contributed by atoms with van der Waals surface area (Å²) in [5, 5.41) is 0. The van der Waals surface area contributed by atoms with Crippen LogP contribution in [-0.2, 0) is 6.18 Å². The number of alkyl halides is 3. The molecule has 0 saturated heterocycles. The average Bonchev–Trinajstić information content (AvgIpc) is 2.73. The van der Waals surface area contributed by atoms with E-state index in [0.717, 1.165) is 17.0 Å². The summed E-state index contributed by atoms with van der Waals surface area (Å²) < 4.78 is 38.3. The molecule has 1 atom stereocenters. The van der Waals surface area contributed by atoms with Crippen molar-refractivity contribution in [1.29, 1.82) is 0 Å². The largest absolute Gasteiger partial charge is 0.416 e. The van der Waals surface area contributed by atoms with Gasteiger partial charge in [0.25, 0.3) is 0 Å². The Hall–Kier alpha value is -1.04. The third-order valence-electron chi connectivity index (χ3n) is 2.83. The first-order valence-electron chi connectivity index (χ1n) is 5.47. The van der Waals surface area contributed by atoms with Crippen molar-refractivity contribution in [3.63, 3.8) is 0 Å². The molecule has 0 aliphatic rings. The molecular formula is C13H11ClF3NS. The first-order valence-corrected chi connectivity index (χ1v) is 6.67. The first-order chi connectivity index (χ1) is 8.79. The second-order valence-corrected chi connectivity index (χ2v) is 5.94. The number of nitrogens with two attached hydrogens (primary N) is 1. The lowest BCUT2D eigenvalue weighted by atomic mass is 9.98. The predicted molar refractivity (Wildman–Crippen MR) is 71.5 cm³/mol. The third kappa shape index (κ3) is 3.11. The molecule has 2 aromatic rings. The number of halogens is 4. The van der Waals surface area contributed by atoms with Crippen LogP contribution in [0.3, 0.4) is 0 Å². The van der Waals surface area contributed by atoms with Crippen molar-refractivity contribution in [3.05, 3.63) is 56.2 Å². The summed E-state index contributed by atoms with van der Waals surface area (Å²) in [6, 6.07) is 6.65. The topological polar surface area (TPSA) is 26.0 Å². The van der Waals surface area contributed by atoms with Crippen LogP contribution in [0, 0.1) is 6.92 Å². The van der Waals surface area contributed by atoms with Gasteiger partial charge in [-0.25, -0.2) is 0 Å². The van der Waals surface area contributed by atoms with Crippen molar-refractivity contribution < 1.29 is 13.2 Å². The van der Waals surface area contributed by atoms with Gasteiger partial charge in [-0.05, 0) is 42.3 Å². The third-order valence-corrected chi connectivity index (χ3v) is 4.15. The maximum atomic E-state index is 12.6. The van der Waals surface area contributed by atoms with Gasteiger partial charge in [-0.1, -0.05) is 17.7 Å². The van der Waals surface area contributed by atoms with Gasteiger partial charge in [-0.15, -0.1) is 11.3 Å². The number of hydrogen-bond acceptors (Lipinski definition) is 2. The lowest BCUT2D eigenvalue weighted by Crippen LogP contribution is -2.13. The summed E-state index contributed by atoms with van der Waals surface area (Å²) in [5.74, 6) is 0. The molecule has 2 rings (SSSR count). The zero-order valence-corrected chi connectivity index (χ0v) is 11.5. The highest BCUT2D eigenvalue weighted by molar-refractivity contribution is 7.16. The van der Waals surface area contributed by atoms with E-state index in [0.29, 0.717) is 15.5 Å². The summed E-state index contributed by atoms with van der Waals surface area (Å²) >= 11 is 7.16. The van der Waals surface area contributed by atoms with Gasteiger partial charge in [-0.2, -0.15) is 13.2 Å². The molecule has 1 nitrogen and oxygen atoms in total. The van der Waals surface area contributed by atoms with Crippen LogP contribution in [0.5, 0.6) is 0 Å². The van der Waals surface area contributed by atoms with Crippen LogP contribution >= 0.6 is 22.9 Å². The summed E-state index contributed by atoms with van der Waals surface area (Å²) in [6.07, 6.45) is -4.33. The Morgan fingerprint density at radius 3 is 2.37 bits per heavy atom. The molecule has 102 valence electrons. The standard InChI is InChI=1S/C13H11ClF3NS/c1-7-6-8(13(15,16)17)2-3-9(7)12(18)10-4-5-11(14)19-10/h2-6,12H,18H2,1H3. The van der Waals surface area contributed by atoms with Crippen molar-refractivity contribution in [3.8, 4) is 0 Å². The molecule has 0 aliphatic heterocycles. The van der Waals surface area contributed by atoms with E-state index in [2.05, 4.69) is 0 Å². The highest BCUT2D eigenvalue weighted by atomic mass is 35.5. The zero-order chi connectivity index (χ0) is 14.2. The van der Waals surface area contributed by atoms with Gasteiger partial charge in [0, 0.05) is 4.88 Å². The molecular weight excluding hydrogens is 295 g/mol. The molecule has 0 radical (unpaired) electrons. The van der Waals surface area contributed by atoms with Crippen LogP contribution in [0.4, 0.5) is 13.2 Å². The normalized spacial score (nSPS) is 13.6. The van der Waals surface area contributed by atoms with Crippen molar-refractivity contribution in [1.82, 2.24) is 0 Å². The van der Waals surface area contributed by atoms with Gasteiger partial charge in [0.2, 0.25) is 0 Å². The summed E-state index contributed by atoms with van der Waals surface area (Å²) in [5.41, 5.74) is 6.59. The van der Waals surface area contributed by atoms with Crippen LogP contribution < -0.4 is 5.73 Å². The van der Waals surface area contributed by atoms with Crippen molar-refractivity contribution in [2.24, 2.45) is 5.73 Å². The van der Waals surface area contributed by atoms with E-state index in [-0.39, 0.29) is 0 Å². The quantitative estimate of drug-likeness (QED) is 0.849. The molecule has 0 saturated carbocycles. The van der Waals surface area contributed by atoms with Gasteiger partial charge < -0.3 is 5.73 Å². The lowest BCUT2D eigenvalue weighted by molar-refractivity contribution is -0.137. The number of rotatable bonds is 2. The summed E-state index contributed by atoms with van der Waals surface area (Å²) in [7, 11) is 0. The highest BCUT2D eigenvalue weighted by Gasteiger charge is 2.31. The molecule has 2 N–H and O–H groups in total. The van der Waals surface area contributed by atoms with Crippen LogP contribution in [0.15, 0.2) is 30.3 Å². The maximum Gasteiger partial charge on any atom is 0.416 e. The van der Waals surface area contributed by atoms with E-state index in [4.69, 9.17) is 17.3 Å². The molecule has 0 spiro atoms. The Bertz CT molecular complexity index is 592. The lowest BCUT2D eigenvalue weighted by Gasteiger charge is -2.15. The van der Waals surface area contributed by atoms with Crippen LogP contribution in [-0.4, -0.2) is 0 Å². The fourth-order valence-corrected chi connectivity index (χ4v) is 2.93. The fraction of sp³-hybridized carbons (Fsp3) is 0.231. The molecule has 19 heavy (non-hydrogen) atoms. The second-order valence-electron chi connectivity index (χ2n) is 4.19. The Balaban J connectivity index is 2.36. The van der Waals surface area contributed by atoms with Crippen molar-refractivity contribution in [2.75, 3.05) is 0 Å². The number of hydrogen-bond donors (Lipinski definition) is 1. The van der Waals surface area contributed by atoms with E-state index in [9.17, 15) is 13.2 Å². The number of benzene rings is 1. The van der Waals surface area contributed by atoms with Crippen LogP contribution in [0.25, 0.3) is 0 Å². The van der Waals surface area contributed by atoms with E-state index >= 15 is 0 Å². The molecule has 0 fully saturated rings. The smallest absolute Gasteiger partial charge is 0.320 e. The maximum absolute atomic E-state index is 12.6. The summed E-state index contributed by atoms with van der Waals surface area (Å²) in [6.45, 7) is 1.62. The van der Waals surface area contributed by atoms with E-state index in [1.165, 1.54) is 17.4 Å². The van der Waals surface area contributed by atoms with Gasteiger partial charge in [0.05, 0.1) is 15.9 Å². The van der Waals surface area contributed by atoms with Gasteiger partial charge in [0.1, 0.15) is 0 Å². The highest BCUT2D eigenvalue weighted by Crippen LogP contribution is 2.34. The van der Waals surface area contributed by atoms with Crippen LogP contribution in [0.2, 0.25) is 4.34 Å². The molecule has 0 bridgehead atoms. The Morgan fingerprint density at radius 1 is 1.21 bits per heavy atom. The minimum atomic E-state index is -4.33. The van der Waals surface area contributed by atoms with Crippen molar-refractivity contribution in [2.45, 2.75) is 19.1 Å². The van der Waals surface area contributed by atoms with E-state index in [1.807, 2.05) is 0 Å². The van der Waals surface area contributed by atoms with Gasteiger partial charge in [0.15, 0.2) is 0 Å². The Kier molecular flexibility index (Phi) is 3.90. The second kappa shape index (κ2) is 5.15. The molecule has 1 heterocycles.